The van der Waals surface area contributed by atoms with Crippen LogP contribution in [0.3, 0.4) is 0 Å². The van der Waals surface area contributed by atoms with Crippen LogP contribution in [0.2, 0.25) is 0 Å². The van der Waals surface area contributed by atoms with Crippen molar-refractivity contribution in [2.75, 3.05) is 6.61 Å². The van der Waals surface area contributed by atoms with Crippen LogP contribution in [0.4, 0.5) is 8.78 Å². The fourth-order valence-corrected chi connectivity index (χ4v) is 2.15. The molecule has 3 rings (SSSR count). The van der Waals surface area contributed by atoms with Gasteiger partial charge in [-0.3, -0.25) is 0 Å². The maximum atomic E-state index is 12.4. The van der Waals surface area contributed by atoms with Crippen molar-refractivity contribution in [1.82, 2.24) is 10.1 Å². The standard InChI is InChI=1S/C17H14F2N2O3/c1-2-22-14-10-12(8-9-13(14)23-17(18)19)16-20-15(21-24-16)11-6-4-3-5-7-11/h3-10,17H,2H2,1H3. The van der Waals surface area contributed by atoms with Crippen LogP contribution in [0.15, 0.2) is 53.1 Å². The van der Waals surface area contributed by atoms with Gasteiger partial charge in [-0.25, -0.2) is 0 Å². The molecule has 0 unspecified atom stereocenters. The van der Waals surface area contributed by atoms with Gasteiger partial charge in [0.15, 0.2) is 11.5 Å². The van der Waals surface area contributed by atoms with Crippen LogP contribution in [0.25, 0.3) is 22.8 Å². The molecule has 0 aliphatic rings. The Morgan fingerprint density at radius 1 is 1.04 bits per heavy atom. The molecule has 1 heterocycles. The molecule has 0 radical (unpaired) electrons. The van der Waals surface area contributed by atoms with Crippen molar-refractivity contribution in [2.24, 2.45) is 0 Å². The summed E-state index contributed by atoms with van der Waals surface area (Å²) in [6.07, 6.45) is 0. The van der Waals surface area contributed by atoms with E-state index in [0.717, 1.165) is 5.56 Å². The number of halogens is 2. The van der Waals surface area contributed by atoms with Crippen LogP contribution >= 0.6 is 0 Å². The van der Waals surface area contributed by atoms with E-state index in [2.05, 4.69) is 14.9 Å². The number of benzene rings is 2. The summed E-state index contributed by atoms with van der Waals surface area (Å²) in [6.45, 7) is -0.871. The Morgan fingerprint density at radius 3 is 2.54 bits per heavy atom. The quantitative estimate of drug-likeness (QED) is 0.669. The molecule has 0 bridgehead atoms. The molecule has 124 valence electrons. The summed E-state index contributed by atoms with van der Waals surface area (Å²) in [4.78, 5) is 4.32. The molecule has 0 aliphatic heterocycles. The van der Waals surface area contributed by atoms with Crippen molar-refractivity contribution in [1.29, 1.82) is 0 Å². The van der Waals surface area contributed by atoms with Gasteiger partial charge in [0.05, 0.1) is 6.61 Å². The fraction of sp³-hybridized carbons (Fsp3) is 0.176. The van der Waals surface area contributed by atoms with Crippen molar-refractivity contribution in [2.45, 2.75) is 13.5 Å². The largest absolute Gasteiger partial charge is 0.490 e. The monoisotopic (exact) mass is 332 g/mol. The zero-order chi connectivity index (χ0) is 16.9. The number of hydrogen-bond donors (Lipinski definition) is 0. The van der Waals surface area contributed by atoms with Crippen molar-refractivity contribution in [3.8, 4) is 34.3 Å². The molecule has 0 fully saturated rings. The molecule has 7 heteroatoms. The molecule has 1 aromatic heterocycles. The Kier molecular flexibility index (Phi) is 4.69. The fourth-order valence-electron chi connectivity index (χ4n) is 2.15. The Balaban J connectivity index is 1.92. The maximum Gasteiger partial charge on any atom is 0.387 e. The van der Waals surface area contributed by atoms with Gasteiger partial charge in [0.2, 0.25) is 5.82 Å². The minimum Gasteiger partial charge on any atom is -0.490 e. The topological polar surface area (TPSA) is 57.4 Å². The second-order valence-corrected chi connectivity index (χ2v) is 4.76. The lowest BCUT2D eigenvalue weighted by Crippen LogP contribution is -2.04. The third kappa shape index (κ3) is 3.51. The average Bonchev–Trinajstić information content (AvgIpc) is 3.07. The molecule has 2 aromatic carbocycles. The van der Waals surface area contributed by atoms with E-state index in [1.807, 2.05) is 30.3 Å². The van der Waals surface area contributed by atoms with Gasteiger partial charge in [-0.05, 0) is 25.1 Å². The van der Waals surface area contributed by atoms with Crippen molar-refractivity contribution >= 4 is 0 Å². The predicted octanol–water partition coefficient (Wildman–Crippen LogP) is 4.40. The summed E-state index contributed by atoms with van der Waals surface area (Å²) in [5.74, 6) is 0.850. The van der Waals surface area contributed by atoms with E-state index >= 15 is 0 Å². The third-order valence-electron chi connectivity index (χ3n) is 3.16. The van der Waals surface area contributed by atoms with Crippen LogP contribution in [0.5, 0.6) is 11.5 Å². The third-order valence-corrected chi connectivity index (χ3v) is 3.16. The number of hydrogen-bond acceptors (Lipinski definition) is 5. The van der Waals surface area contributed by atoms with E-state index in [1.165, 1.54) is 12.1 Å². The van der Waals surface area contributed by atoms with E-state index in [4.69, 9.17) is 9.26 Å². The highest BCUT2D eigenvalue weighted by Crippen LogP contribution is 2.33. The van der Waals surface area contributed by atoms with Gasteiger partial charge in [-0.2, -0.15) is 13.8 Å². The first-order chi connectivity index (χ1) is 11.7. The molecular formula is C17H14F2N2O3. The first kappa shape index (κ1) is 15.9. The Bertz CT molecular complexity index is 807. The minimum atomic E-state index is -2.93. The van der Waals surface area contributed by atoms with Crippen molar-refractivity contribution < 1.29 is 22.8 Å². The van der Waals surface area contributed by atoms with Crippen molar-refractivity contribution in [3.63, 3.8) is 0 Å². The SMILES string of the molecule is CCOc1cc(-c2nc(-c3ccccc3)no2)ccc1OC(F)F. The molecule has 0 spiro atoms. The summed E-state index contributed by atoms with van der Waals surface area (Å²) in [5.41, 5.74) is 1.37. The highest BCUT2D eigenvalue weighted by molar-refractivity contribution is 5.63. The minimum absolute atomic E-state index is 0.0431. The van der Waals surface area contributed by atoms with Crippen LogP contribution in [0, 0.1) is 0 Å². The second-order valence-electron chi connectivity index (χ2n) is 4.76. The molecule has 0 N–H and O–H groups in total. The number of alkyl halides is 2. The first-order valence-corrected chi connectivity index (χ1v) is 7.28. The van der Waals surface area contributed by atoms with Crippen LogP contribution < -0.4 is 9.47 Å². The molecule has 0 aliphatic carbocycles. The summed E-state index contributed by atoms with van der Waals surface area (Å²) in [5, 5.41) is 3.93. The van der Waals surface area contributed by atoms with Gasteiger partial charge in [0.1, 0.15) is 0 Å². The Hall–Kier alpha value is -2.96. The van der Waals surface area contributed by atoms with Crippen LogP contribution in [-0.4, -0.2) is 23.4 Å². The van der Waals surface area contributed by atoms with Crippen LogP contribution in [-0.2, 0) is 0 Å². The molecule has 3 aromatic rings. The lowest BCUT2D eigenvalue weighted by molar-refractivity contribution is -0.0514. The van der Waals surface area contributed by atoms with Gasteiger partial charge < -0.3 is 14.0 Å². The molecule has 0 amide bonds. The second kappa shape index (κ2) is 7.08. The highest BCUT2D eigenvalue weighted by atomic mass is 19.3. The molecule has 24 heavy (non-hydrogen) atoms. The number of rotatable bonds is 6. The van der Waals surface area contributed by atoms with E-state index in [-0.39, 0.29) is 17.4 Å². The van der Waals surface area contributed by atoms with Crippen molar-refractivity contribution in [3.05, 3.63) is 48.5 Å². The number of aromatic nitrogens is 2. The van der Waals surface area contributed by atoms with E-state index in [0.29, 0.717) is 18.0 Å². The van der Waals surface area contributed by atoms with E-state index < -0.39 is 6.61 Å². The van der Waals surface area contributed by atoms with Gasteiger partial charge in [0, 0.05) is 11.1 Å². The lowest BCUT2D eigenvalue weighted by Gasteiger charge is -2.11. The van der Waals surface area contributed by atoms with Gasteiger partial charge in [-0.1, -0.05) is 35.5 Å². The Morgan fingerprint density at radius 2 is 1.83 bits per heavy atom. The first-order valence-electron chi connectivity index (χ1n) is 7.28. The van der Waals surface area contributed by atoms with E-state index in [1.54, 1.807) is 13.0 Å². The molecule has 5 nitrogen and oxygen atoms in total. The number of nitrogens with zero attached hydrogens (tertiary/aromatic N) is 2. The van der Waals surface area contributed by atoms with E-state index in [9.17, 15) is 8.78 Å². The highest BCUT2D eigenvalue weighted by Gasteiger charge is 2.16. The molecule has 0 saturated heterocycles. The molecule has 0 saturated carbocycles. The summed E-state index contributed by atoms with van der Waals surface area (Å²) >= 11 is 0. The normalized spacial score (nSPS) is 10.8. The van der Waals surface area contributed by atoms with Gasteiger partial charge in [0.25, 0.3) is 5.89 Å². The maximum absolute atomic E-state index is 12.4. The van der Waals surface area contributed by atoms with Gasteiger partial charge >= 0.3 is 6.61 Å². The molecule has 0 atom stereocenters. The van der Waals surface area contributed by atoms with Crippen LogP contribution in [0.1, 0.15) is 6.92 Å². The summed E-state index contributed by atoms with van der Waals surface area (Å²) < 4.78 is 39.9. The zero-order valence-electron chi connectivity index (χ0n) is 12.8. The number of ether oxygens (including phenoxy) is 2. The summed E-state index contributed by atoms with van der Waals surface area (Å²) in [6, 6.07) is 13.8. The predicted molar refractivity (Wildman–Crippen MR) is 83.0 cm³/mol. The van der Waals surface area contributed by atoms with Gasteiger partial charge in [-0.15, -0.1) is 0 Å². The average molecular weight is 332 g/mol. The Labute approximate surface area is 136 Å². The zero-order valence-corrected chi connectivity index (χ0v) is 12.8. The smallest absolute Gasteiger partial charge is 0.387 e. The molecular weight excluding hydrogens is 318 g/mol. The summed E-state index contributed by atoms with van der Waals surface area (Å²) in [7, 11) is 0. The lowest BCUT2D eigenvalue weighted by atomic mass is 10.2.